The topological polar surface area (TPSA) is 78.9 Å². The van der Waals surface area contributed by atoms with Crippen LogP contribution in [0.15, 0.2) is 18.2 Å². The molecule has 0 bridgehead atoms. The van der Waals surface area contributed by atoms with Crippen molar-refractivity contribution in [2.24, 2.45) is 0 Å². The van der Waals surface area contributed by atoms with Gasteiger partial charge in [0.05, 0.1) is 6.04 Å². The number of hydrogen-bond donors (Lipinski definition) is 0. The van der Waals surface area contributed by atoms with Gasteiger partial charge in [-0.15, -0.1) is 0 Å². The van der Waals surface area contributed by atoms with Crippen LogP contribution in [0.2, 0.25) is 0 Å². The molecule has 1 rings (SSSR count). The van der Waals surface area contributed by atoms with Crippen molar-refractivity contribution < 1.29 is 36.4 Å². The van der Waals surface area contributed by atoms with Gasteiger partial charge in [0.25, 0.3) is 17.9 Å². The third kappa shape index (κ3) is 5.24. The third-order valence-corrected chi connectivity index (χ3v) is 4.94. The Morgan fingerprint density at radius 1 is 0.909 bits per heavy atom. The van der Waals surface area contributed by atoms with Crippen LogP contribution >= 0.6 is 0 Å². The normalized spacial score (nSPS) is 10.8. The minimum absolute atomic E-state index is 0.148. The van der Waals surface area contributed by atoms with Crippen molar-refractivity contribution in [3.8, 4) is 0 Å². The molecule has 6 nitrogen and oxygen atoms in total. The summed E-state index contributed by atoms with van der Waals surface area (Å²) in [5.41, 5.74) is 0.148. The fourth-order valence-corrected chi connectivity index (χ4v) is 4.10. The van der Waals surface area contributed by atoms with E-state index in [0.29, 0.717) is 0 Å². The highest BCUT2D eigenvalue weighted by Crippen LogP contribution is 2.20. The van der Waals surface area contributed by atoms with Crippen molar-refractivity contribution in [1.29, 1.82) is 0 Å². The average Bonchev–Trinajstić information content (AvgIpc) is 2.30. The molecule has 9 heteroatoms. The fourth-order valence-electron chi connectivity index (χ4n) is 1.73. The predicted octanol–water partition coefficient (Wildman–Crippen LogP) is 1.67. The molecule has 0 atom stereocenters. The summed E-state index contributed by atoms with van der Waals surface area (Å²) in [5, 5.41) is 0. The van der Waals surface area contributed by atoms with Gasteiger partial charge in [-0.3, -0.25) is 14.4 Å². The van der Waals surface area contributed by atoms with E-state index in [2.05, 4.69) is 0 Å². The standard InChI is InChI=1S/C13H14F2O6Si/c1-8(16)19-22(20-9(2)17,21-10(3)18)7-11-4-5-12(14)13(15)6-11/h4-6H,7H2,1-3H3. The van der Waals surface area contributed by atoms with Crippen LogP contribution in [-0.2, 0) is 33.7 Å². The Morgan fingerprint density at radius 3 is 1.73 bits per heavy atom. The van der Waals surface area contributed by atoms with E-state index in [1.807, 2.05) is 0 Å². The second-order valence-electron chi connectivity index (χ2n) is 4.39. The Kier molecular flexibility index (Phi) is 5.74. The smallest absolute Gasteiger partial charge is 0.455 e. The number of carbonyl (C=O) groups is 3. The molecule has 0 saturated heterocycles. The average molecular weight is 332 g/mol. The number of rotatable bonds is 5. The first-order chi connectivity index (χ1) is 10.1. The van der Waals surface area contributed by atoms with Crippen molar-refractivity contribution in [1.82, 2.24) is 0 Å². The van der Waals surface area contributed by atoms with Crippen LogP contribution in [0.1, 0.15) is 26.3 Å². The van der Waals surface area contributed by atoms with E-state index in [-0.39, 0.29) is 11.6 Å². The Balaban J connectivity index is 3.19. The van der Waals surface area contributed by atoms with E-state index < -0.39 is 38.3 Å². The molecule has 0 aliphatic heterocycles. The largest absolute Gasteiger partial charge is 0.709 e. The molecule has 0 aromatic heterocycles. The number of halogens is 2. The molecule has 0 heterocycles. The first kappa shape index (κ1) is 17.8. The van der Waals surface area contributed by atoms with Crippen molar-refractivity contribution in [2.75, 3.05) is 0 Å². The second kappa shape index (κ2) is 7.12. The van der Waals surface area contributed by atoms with E-state index in [4.69, 9.17) is 13.3 Å². The zero-order valence-electron chi connectivity index (χ0n) is 12.1. The van der Waals surface area contributed by atoms with Gasteiger partial charge >= 0.3 is 8.80 Å². The summed E-state index contributed by atoms with van der Waals surface area (Å²) in [4.78, 5) is 33.7. The Labute approximate surface area is 126 Å². The van der Waals surface area contributed by atoms with E-state index in [9.17, 15) is 23.2 Å². The Bertz CT molecular complexity index is 563. The van der Waals surface area contributed by atoms with E-state index in [1.165, 1.54) is 6.07 Å². The van der Waals surface area contributed by atoms with Crippen LogP contribution in [-0.4, -0.2) is 26.7 Å². The van der Waals surface area contributed by atoms with Crippen LogP contribution in [0.4, 0.5) is 8.78 Å². The maximum Gasteiger partial charge on any atom is 0.709 e. The van der Waals surface area contributed by atoms with Crippen LogP contribution in [0.25, 0.3) is 0 Å². The molecule has 120 valence electrons. The summed E-state index contributed by atoms with van der Waals surface area (Å²) in [7, 11) is -4.10. The summed E-state index contributed by atoms with van der Waals surface area (Å²) in [5.74, 6) is -4.71. The van der Waals surface area contributed by atoms with Crippen LogP contribution in [0, 0.1) is 11.6 Å². The third-order valence-electron chi connectivity index (χ3n) is 2.30. The van der Waals surface area contributed by atoms with Gasteiger partial charge in [0.1, 0.15) is 0 Å². The number of carbonyl (C=O) groups excluding carboxylic acids is 3. The van der Waals surface area contributed by atoms with Gasteiger partial charge in [-0.05, 0) is 17.7 Å². The van der Waals surface area contributed by atoms with E-state index in [0.717, 1.165) is 32.9 Å². The molecule has 0 aliphatic carbocycles. The molecule has 0 N–H and O–H groups in total. The van der Waals surface area contributed by atoms with Crippen molar-refractivity contribution >= 4 is 26.7 Å². The summed E-state index contributed by atoms with van der Waals surface area (Å²) < 4.78 is 41.0. The SMILES string of the molecule is CC(=O)O[Si](Cc1ccc(F)c(F)c1)(OC(C)=O)OC(C)=O. The van der Waals surface area contributed by atoms with E-state index in [1.54, 1.807) is 0 Å². The van der Waals surface area contributed by atoms with Gasteiger partial charge in [-0.1, -0.05) is 6.07 Å². The van der Waals surface area contributed by atoms with Crippen molar-refractivity contribution in [3.05, 3.63) is 35.4 Å². The van der Waals surface area contributed by atoms with Crippen LogP contribution in [0.3, 0.4) is 0 Å². The van der Waals surface area contributed by atoms with Gasteiger partial charge in [-0.2, -0.15) is 0 Å². The van der Waals surface area contributed by atoms with Gasteiger partial charge in [0.15, 0.2) is 11.6 Å². The molecule has 0 saturated carbocycles. The maximum absolute atomic E-state index is 13.3. The molecule has 0 unspecified atom stereocenters. The van der Waals surface area contributed by atoms with Crippen molar-refractivity contribution in [3.63, 3.8) is 0 Å². The lowest BCUT2D eigenvalue weighted by Crippen LogP contribution is -2.51. The number of benzene rings is 1. The lowest BCUT2D eigenvalue weighted by Gasteiger charge is -2.26. The second-order valence-corrected chi connectivity index (χ2v) is 6.72. The molecule has 0 aliphatic rings. The van der Waals surface area contributed by atoms with Gasteiger partial charge in [0.2, 0.25) is 0 Å². The molecule has 0 amide bonds. The fraction of sp³-hybridized carbons (Fsp3) is 0.308. The van der Waals surface area contributed by atoms with Crippen LogP contribution in [0.5, 0.6) is 0 Å². The zero-order chi connectivity index (χ0) is 16.9. The zero-order valence-corrected chi connectivity index (χ0v) is 13.1. The molecule has 0 radical (unpaired) electrons. The maximum atomic E-state index is 13.3. The minimum Gasteiger partial charge on any atom is -0.455 e. The first-order valence-corrected chi connectivity index (χ1v) is 8.09. The quantitative estimate of drug-likeness (QED) is 0.763. The molecular formula is C13H14F2O6Si. The highest BCUT2D eigenvalue weighted by atomic mass is 28.4. The summed E-state index contributed by atoms with van der Waals surface area (Å²) >= 11 is 0. The summed E-state index contributed by atoms with van der Waals surface area (Å²) in [6.45, 7) is 3.12. The lowest BCUT2D eigenvalue weighted by atomic mass is 10.2. The Morgan fingerprint density at radius 2 is 1.36 bits per heavy atom. The minimum atomic E-state index is -4.10. The highest BCUT2D eigenvalue weighted by molar-refractivity contribution is 6.65. The molecule has 22 heavy (non-hydrogen) atoms. The summed E-state index contributed by atoms with van der Waals surface area (Å²) in [6, 6.07) is 2.55. The highest BCUT2D eigenvalue weighted by Gasteiger charge is 2.52. The number of hydrogen-bond acceptors (Lipinski definition) is 6. The van der Waals surface area contributed by atoms with Gasteiger partial charge in [-0.25, -0.2) is 8.78 Å². The molecule has 1 aromatic rings. The van der Waals surface area contributed by atoms with Gasteiger partial charge < -0.3 is 13.3 Å². The lowest BCUT2D eigenvalue weighted by molar-refractivity contribution is -0.147. The molecule has 0 fully saturated rings. The predicted molar refractivity (Wildman–Crippen MR) is 71.1 cm³/mol. The molecule has 0 spiro atoms. The monoisotopic (exact) mass is 332 g/mol. The molecular weight excluding hydrogens is 318 g/mol. The van der Waals surface area contributed by atoms with Crippen molar-refractivity contribution in [2.45, 2.75) is 26.8 Å². The Hall–Kier alpha value is -2.29. The van der Waals surface area contributed by atoms with E-state index >= 15 is 0 Å². The molecule has 1 aromatic carbocycles. The summed E-state index contributed by atoms with van der Waals surface area (Å²) in [6.07, 6.45) is 0. The van der Waals surface area contributed by atoms with Gasteiger partial charge in [0, 0.05) is 20.8 Å². The first-order valence-electron chi connectivity index (χ1n) is 6.16. The van der Waals surface area contributed by atoms with Crippen LogP contribution < -0.4 is 0 Å².